The Morgan fingerprint density at radius 2 is 1.62 bits per heavy atom. The molecule has 3 rings (SSSR count). The number of rotatable bonds is 5. The third-order valence-corrected chi connectivity index (χ3v) is 3.66. The highest BCUT2D eigenvalue weighted by atomic mass is 16.7. The van der Waals surface area contributed by atoms with E-state index in [0.717, 1.165) is 5.56 Å². The summed E-state index contributed by atoms with van der Waals surface area (Å²) in [5, 5.41) is 19.1. The third-order valence-electron chi connectivity index (χ3n) is 3.66. The quantitative estimate of drug-likeness (QED) is 0.820. The summed E-state index contributed by atoms with van der Waals surface area (Å²) in [5.74, 6) is -1.67. The molecule has 1 aliphatic rings. The monoisotopic (exact) mass is 326 g/mol. The largest absolute Gasteiger partial charge is 0.478 e. The fourth-order valence-electron chi connectivity index (χ4n) is 2.55. The molecule has 6 heteroatoms. The second-order valence-electron chi connectivity index (χ2n) is 5.19. The second-order valence-corrected chi connectivity index (χ2v) is 5.19. The number of carbonyl (C=O) groups is 2. The molecular formula is C18H14O6. The van der Waals surface area contributed by atoms with Gasteiger partial charge in [0.15, 0.2) is 11.5 Å². The molecule has 0 saturated carbocycles. The van der Waals surface area contributed by atoms with E-state index in [-0.39, 0.29) is 29.9 Å². The molecule has 0 spiro atoms. The molecule has 1 heterocycles. The molecule has 1 aliphatic heterocycles. The van der Waals surface area contributed by atoms with Crippen molar-refractivity contribution < 1.29 is 29.3 Å². The van der Waals surface area contributed by atoms with Crippen LogP contribution in [0.25, 0.3) is 5.57 Å². The van der Waals surface area contributed by atoms with Crippen molar-refractivity contribution in [3.8, 4) is 11.5 Å². The topological polar surface area (TPSA) is 93.1 Å². The Kier molecular flexibility index (Phi) is 4.20. The predicted octanol–water partition coefficient (Wildman–Crippen LogP) is 2.58. The van der Waals surface area contributed by atoms with Gasteiger partial charge >= 0.3 is 11.9 Å². The summed E-state index contributed by atoms with van der Waals surface area (Å²) in [4.78, 5) is 23.4. The summed E-state index contributed by atoms with van der Waals surface area (Å²) in [5.41, 5.74) is 0.534. The lowest BCUT2D eigenvalue weighted by Gasteiger charge is -2.10. The summed E-state index contributed by atoms with van der Waals surface area (Å²) in [7, 11) is 0. The molecule has 2 aromatic carbocycles. The minimum absolute atomic E-state index is 0.00620. The molecule has 0 bridgehead atoms. The van der Waals surface area contributed by atoms with E-state index in [0.29, 0.717) is 11.5 Å². The van der Waals surface area contributed by atoms with Gasteiger partial charge in [0.2, 0.25) is 6.79 Å². The molecule has 0 saturated heterocycles. The van der Waals surface area contributed by atoms with Gasteiger partial charge < -0.3 is 19.7 Å². The first kappa shape index (κ1) is 15.6. The van der Waals surface area contributed by atoms with Crippen LogP contribution in [0.15, 0.2) is 54.1 Å². The summed E-state index contributed by atoms with van der Waals surface area (Å²) < 4.78 is 10.4. The number of carboxylic acids is 2. The molecule has 122 valence electrons. The van der Waals surface area contributed by atoms with Crippen molar-refractivity contribution >= 4 is 17.5 Å². The number of carboxylic acid groups (broad SMARTS) is 2. The molecule has 0 aliphatic carbocycles. The van der Waals surface area contributed by atoms with Gasteiger partial charge in [0.05, 0.1) is 11.1 Å². The highest BCUT2D eigenvalue weighted by molar-refractivity contribution is 6.22. The van der Waals surface area contributed by atoms with E-state index >= 15 is 0 Å². The first-order valence-electron chi connectivity index (χ1n) is 7.20. The molecule has 0 radical (unpaired) electrons. The van der Waals surface area contributed by atoms with E-state index in [1.54, 1.807) is 30.3 Å². The van der Waals surface area contributed by atoms with Gasteiger partial charge in [-0.15, -0.1) is 0 Å². The molecule has 0 fully saturated rings. The van der Waals surface area contributed by atoms with Gasteiger partial charge in [-0.25, -0.2) is 9.59 Å². The highest BCUT2D eigenvalue weighted by Gasteiger charge is 2.24. The lowest BCUT2D eigenvalue weighted by molar-refractivity contribution is -0.134. The average Bonchev–Trinajstić information content (AvgIpc) is 3.02. The van der Waals surface area contributed by atoms with Crippen LogP contribution in [0.5, 0.6) is 11.5 Å². The standard InChI is InChI=1S/C18H14O6/c19-17(20)13(8-11-4-2-1-3-5-11)16(18(21)22)12-6-7-14-15(9-12)24-10-23-14/h1-7,9H,8,10H2,(H,19,20)(H,21,22)/b16-13-. The van der Waals surface area contributed by atoms with Crippen molar-refractivity contribution in [2.45, 2.75) is 6.42 Å². The average molecular weight is 326 g/mol. The summed E-state index contributed by atoms with van der Waals surface area (Å²) >= 11 is 0. The summed E-state index contributed by atoms with van der Waals surface area (Å²) in [6.45, 7) is 0.0563. The van der Waals surface area contributed by atoms with Crippen LogP contribution < -0.4 is 9.47 Å². The van der Waals surface area contributed by atoms with Gasteiger partial charge in [-0.1, -0.05) is 36.4 Å². The molecular weight excluding hydrogens is 312 g/mol. The van der Waals surface area contributed by atoms with Crippen LogP contribution in [0.2, 0.25) is 0 Å². The van der Waals surface area contributed by atoms with E-state index in [4.69, 9.17) is 9.47 Å². The number of hydrogen-bond acceptors (Lipinski definition) is 4. The van der Waals surface area contributed by atoms with Crippen LogP contribution in [-0.2, 0) is 16.0 Å². The van der Waals surface area contributed by atoms with Crippen molar-refractivity contribution in [2.75, 3.05) is 6.79 Å². The van der Waals surface area contributed by atoms with Crippen LogP contribution in [0.3, 0.4) is 0 Å². The van der Waals surface area contributed by atoms with Crippen LogP contribution in [0.1, 0.15) is 11.1 Å². The van der Waals surface area contributed by atoms with Gasteiger partial charge in [-0.2, -0.15) is 0 Å². The van der Waals surface area contributed by atoms with Crippen LogP contribution >= 0.6 is 0 Å². The number of ether oxygens (including phenoxy) is 2. The van der Waals surface area contributed by atoms with Crippen molar-refractivity contribution in [1.29, 1.82) is 0 Å². The van der Waals surface area contributed by atoms with Crippen molar-refractivity contribution in [1.82, 2.24) is 0 Å². The van der Waals surface area contributed by atoms with E-state index in [1.807, 2.05) is 6.07 Å². The van der Waals surface area contributed by atoms with E-state index in [1.165, 1.54) is 12.1 Å². The molecule has 0 unspecified atom stereocenters. The normalized spacial score (nSPS) is 13.3. The Hall–Kier alpha value is -3.28. The maximum Gasteiger partial charge on any atom is 0.336 e. The minimum Gasteiger partial charge on any atom is -0.478 e. The smallest absolute Gasteiger partial charge is 0.336 e. The Morgan fingerprint density at radius 3 is 2.29 bits per heavy atom. The lowest BCUT2D eigenvalue weighted by atomic mass is 9.94. The van der Waals surface area contributed by atoms with E-state index in [2.05, 4.69) is 0 Å². The molecule has 24 heavy (non-hydrogen) atoms. The Balaban J connectivity index is 2.10. The number of benzene rings is 2. The first-order valence-corrected chi connectivity index (χ1v) is 7.20. The van der Waals surface area contributed by atoms with Crippen LogP contribution in [0, 0.1) is 0 Å². The number of hydrogen-bond donors (Lipinski definition) is 2. The minimum atomic E-state index is -1.30. The van der Waals surface area contributed by atoms with Crippen molar-refractivity contribution in [3.05, 3.63) is 65.2 Å². The highest BCUT2D eigenvalue weighted by Crippen LogP contribution is 2.35. The second kappa shape index (κ2) is 6.45. The molecule has 0 amide bonds. The zero-order chi connectivity index (χ0) is 17.1. The lowest BCUT2D eigenvalue weighted by Crippen LogP contribution is -2.13. The molecule has 0 aromatic heterocycles. The molecule has 2 aromatic rings. The van der Waals surface area contributed by atoms with Gasteiger partial charge in [0, 0.05) is 6.42 Å². The van der Waals surface area contributed by atoms with Gasteiger partial charge in [0.25, 0.3) is 0 Å². The molecule has 2 N–H and O–H groups in total. The van der Waals surface area contributed by atoms with Gasteiger partial charge in [0.1, 0.15) is 0 Å². The maximum absolute atomic E-state index is 11.7. The maximum atomic E-state index is 11.7. The van der Waals surface area contributed by atoms with E-state index < -0.39 is 11.9 Å². The SMILES string of the molecule is O=C(O)/C(Cc1ccccc1)=C(\C(=O)O)c1ccc2c(c1)OCO2. The first-order chi connectivity index (χ1) is 11.6. The fraction of sp³-hybridized carbons (Fsp3) is 0.111. The Bertz CT molecular complexity index is 823. The Labute approximate surface area is 137 Å². The van der Waals surface area contributed by atoms with Crippen LogP contribution in [0.4, 0.5) is 0 Å². The summed E-state index contributed by atoms with van der Waals surface area (Å²) in [6, 6.07) is 13.4. The zero-order valence-corrected chi connectivity index (χ0v) is 12.6. The molecule has 0 atom stereocenters. The summed E-state index contributed by atoms with van der Waals surface area (Å²) in [6.07, 6.45) is 0.00620. The molecule has 6 nitrogen and oxygen atoms in total. The number of aliphatic carboxylic acids is 2. The van der Waals surface area contributed by atoms with Crippen molar-refractivity contribution in [2.24, 2.45) is 0 Å². The zero-order valence-electron chi connectivity index (χ0n) is 12.6. The third kappa shape index (κ3) is 3.08. The number of fused-ring (bicyclic) bond motifs is 1. The van der Waals surface area contributed by atoms with E-state index in [9.17, 15) is 19.8 Å². The fourth-order valence-corrected chi connectivity index (χ4v) is 2.55. The van der Waals surface area contributed by atoms with Crippen molar-refractivity contribution in [3.63, 3.8) is 0 Å². The van der Waals surface area contributed by atoms with Gasteiger partial charge in [-0.3, -0.25) is 0 Å². The van der Waals surface area contributed by atoms with Gasteiger partial charge in [-0.05, 0) is 23.3 Å². The predicted molar refractivity (Wildman–Crippen MR) is 84.9 cm³/mol. The van der Waals surface area contributed by atoms with Crippen LogP contribution in [-0.4, -0.2) is 28.9 Å². The Morgan fingerprint density at radius 1 is 0.917 bits per heavy atom.